The molecule has 2 heterocycles. The molecule has 7 heteroatoms. The molecule has 0 N–H and O–H groups in total. The van der Waals surface area contributed by atoms with E-state index in [1.807, 2.05) is 83.8 Å². The zero-order valence-electron chi connectivity index (χ0n) is 17.9. The Kier molecular flexibility index (Phi) is 6.59. The molecule has 4 nitrogen and oxygen atoms in total. The van der Waals surface area contributed by atoms with Crippen molar-refractivity contribution >= 4 is 52.4 Å². The number of para-hydroxylation sites is 2. The average molecular weight is 500 g/mol. The van der Waals surface area contributed by atoms with Crippen LogP contribution in [-0.4, -0.2) is 16.6 Å². The van der Waals surface area contributed by atoms with Gasteiger partial charge in [0.25, 0.3) is 0 Å². The molecule has 0 bridgehead atoms. The molecule has 0 spiro atoms. The number of halogens is 1. The van der Waals surface area contributed by atoms with Crippen LogP contribution in [0.15, 0.2) is 99.7 Å². The summed E-state index contributed by atoms with van der Waals surface area (Å²) in [4.78, 5) is 22.0. The van der Waals surface area contributed by atoms with Crippen LogP contribution in [0.1, 0.15) is 12.0 Å². The maximum Gasteiger partial charge on any atom is 0.232 e. The van der Waals surface area contributed by atoms with Crippen molar-refractivity contribution in [2.45, 2.75) is 21.2 Å². The highest BCUT2D eigenvalue weighted by molar-refractivity contribution is 7.99. The summed E-state index contributed by atoms with van der Waals surface area (Å²) in [5.74, 6) is 0.526. The Labute approximate surface area is 211 Å². The van der Waals surface area contributed by atoms with Crippen molar-refractivity contribution in [1.29, 1.82) is 5.26 Å². The van der Waals surface area contributed by atoms with Crippen LogP contribution < -0.4 is 4.90 Å². The normalized spacial score (nSPS) is 11.9. The number of pyridine rings is 1. The Bertz CT molecular complexity index is 1370. The lowest BCUT2D eigenvalue weighted by atomic mass is 10.1. The van der Waals surface area contributed by atoms with Crippen molar-refractivity contribution in [2.75, 3.05) is 10.7 Å². The summed E-state index contributed by atoms with van der Waals surface area (Å²) in [6.07, 6.45) is 0.315. The summed E-state index contributed by atoms with van der Waals surface area (Å²) < 4.78 is 0. The third kappa shape index (κ3) is 4.55. The van der Waals surface area contributed by atoms with Gasteiger partial charge in [0.1, 0.15) is 11.1 Å². The van der Waals surface area contributed by atoms with E-state index >= 15 is 0 Å². The second-order valence-electron chi connectivity index (χ2n) is 7.53. The van der Waals surface area contributed by atoms with Gasteiger partial charge in [-0.25, -0.2) is 4.98 Å². The Morgan fingerprint density at radius 1 is 0.941 bits per heavy atom. The van der Waals surface area contributed by atoms with Gasteiger partial charge in [0.15, 0.2) is 0 Å². The smallest absolute Gasteiger partial charge is 0.232 e. The molecule has 0 unspecified atom stereocenters. The Morgan fingerprint density at radius 2 is 1.59 bits per heavy atom. The van der Waals surface area contributed by atoms with E-state index in [0.29, 0.717) is 27.8 Å². The maximum absolute atomic E-state index is 13.4. The summed E-state index contributed by atoms with van der Waals surface area (Å²) in [5, 5.41) is 10.8. The van der Waals surface area contributed by atoms with Gasteiger partial charge in [0, 0.05) is 32.6 Å². The number of benzene rings is 3. The molecule has 3 aromatic carbocycles. The predicted molar refractivity (Wildman–Crippen MR) is 139 cm³/mol. The van der Waals surface area contributed by atoms with E-state index in [-0.39, 0.29) is 5.91 Å². The minimum atomic E-state index is 0.0139. The largest absolute Gasteiger partial charge is 0.279 e. The monoisotopic (exact) mass is 499 g/mol. The van der Waals surface area contributed by atoms with Gasteiger partial charge in [-0.15, -0.1) is 11.8 Å². The predicted octanol–water partition coefficient (Wildman–Crippen LogP) is 7.59. The van der Waals surface area contributed by atoms with Gasteiger partial charge in [-0.1, -0.05) is 59.8 Å². The molecule has 1 amide bonds. The van der Waals surface area contributed by atoms with Gasteiger partial charge in [-0.3, -0.25) is 9.69 Å². The van der Waals surface area contributed by atoms with E-state index in [4.69, 9.17) is 16.6 Å². The SMILES string of the molecule is N#Cc1ccc(-c2ccc(Cl)cc2)nc1SCCC(=O)N1c2ccccc2Sc2ccccc21. The number of amides is 1. The standard InChI is InChI=1S/C27H18ClN3OS2/c28-20-12-9-18(10-13-20)21-14-11-19(17-29)27(30-21)33-16-15-26(32)31-22-5-1-3-7-24(22)34-25-8-4-2-6-23(25)31/h1-14H,15-16H2. The zero-order valence-corrected chi connectivity index (χ0v) is 20.3. The van der Waals surface area contributed by atoms with Crippen molar-refractivity contribution in [3.8, 4) is 17.3 Å². The molecule has 1 aliphatic heterocycles. The number of thioether (sulfide) groups is 1. The van der Waals surface area contributed by atoms with Gasteiger partial charge in [0.05, 0.1) is 22.6 Å². The topological polar surface area (TPSA) is 57.0 Å². The van der Waals surface area contributed by atoms with Crippen molar-refractivity contribution in [2.24, 2.45) is 0 Å². The van der Waals surface area contributed by atoms with Crippen LogP contribution in [0.5, 0.6) is 0 Å². The molecular formula is C27H18ClN3OS2. The molecular weight excluding hydrogens is 482 g/mol. The highest BCUT2D eigenvalue weighted by Crippen LogP contribution is 2.48. The van der Waals surface area contributed by atoms with Crippen LogP contribution in [0.2, 0.25) is 5.02 Å². The van der Waals surface area contributed by atoms with Gasteiger partial charge >= 0.3 is 0 Å². The van der Waals surface area contributed by atoms with Crippen LogP contribution in [-0.2, 0) is 4.79 Å². The number of carbonyl (C=O) groups excluding carboxylic acids is 1. The summed E-state index contributed by atoms with van der Waals surface area (Å²) >= 11 is 9.10. The summed E-state index contributed by atoms with van der Waals surface area (Å²) in [6, 6.07) is 29.2. The van der Waals surface area contributed by atoms with Crippen molar-refractivity contribution in [3.63, 3.8) is 0 Å². The van der Waals surface area contributed by atoms with E-state index in [0.717, 1.165) is 32.4 Å². The Morgan fingerprint density at radius 3 is 2.24 bits per heavy atom. The minimum absolute atomic E-state index is 0.0139. The van der Waals surface area contributed by atoms with E-state index in [1.165, 1.54) is 11.8 Å². The van der Waals surface area contributed by atoms with Gasteiger partial charge < -0.3 is 0 Å². The molecule has 0 aliphatic carbocycles. The number of anilines is 2. The van der Waals surface area contributed by atoms with Gasteiger partial charge in [-0.05, 0) is 48.5 Å². The maximum atomic E-state index is 13.4. The zero-order chi connectivity index (χ0) is 23.5. The lowest BCUT2D eigenvalue weighted by molar-refractivity contribution is -0.117. The number of rotatable bonds is 5. The minimum Gasteiger partial charge on any atom is -0.279 e. The quantitative estimate of drug-likeness (QED) is 0.265. The van der Waals surface area contributed by atoms with Crippen LogP contribution in [0.3, 0.4) is 0 Å². The summed E-state index contributed by atoms with van der Waals surface area (Å²) in [6.45, 7) is 0. The van der Waals surface area contributed by atoms with E-state index in [1.54, 1.807) is 17.8 Å². The number of nitriles is 1. The van der Waals surface area contributed by atoms with Gasteiger partial charge in [-0.2, -0.15) is 5.26 Å². The lowest BCUT2D eigenvalue weighted by Gasteiger charge is -2.31. The molecule has 0 saturated heterocycles. The number of carbonyl (C=O) groups is 1. The highest BCUT2D eigenvalue weighted by Gasteiger charge is 2.27. The number of hydrogen-bond donors (Lipinski definition) is 0. The fourth-order valence-electron chi connectivity index (χ4n) is 3.74. The number of hydrogen-bond acceptors (Lipinski definition) is 5. The van der Waals surface area contributed by atoms with Crippen molar-refractivity contribution in [1.82, 2.24) is 4.98 Å². The first kappa shape index (κ1) is 22.5. The fourth-order valence-corrected chi connectivity index (χ4v) is 5.82. The Hall–Kier alpha value is -3.24. The fraction of sp³-hybridized carbons (Fsp3) is 0.0741. The molecule has 1 aromatic heterocycles. The lowest BCUT2D eigenvalue weighted by Crippen LogP contribution is -2.28. The molecule has 0 saturated carbocycles. The van der Waals surface area contributed by atoms with Gasteiger partial charge in [0.2, 0.25) is 5.91 Å². The summed E-state index contributed by atoms with van der Waals surface area (Å²) in [5.41, 5.74) is 4.00. The van der Waals surface area contributed by atoms with E-state index in [2.05, 4.69) is 6.07 Å². The molecule has 166 valence electrons. The molecule has 0 radical (unpaired) electrons. The van der Waals surface area contributed by atoms with E-state index < -0.39 is 0 Å². The van der Waals surface area contributed by atoms with Crippen LogP contribution in [0.25, 0.3) is 11.3 Å². The molecule has 5 rings (SSSR count). The average Bonchev–Trinajstić information content (AvgIpc) is 2.87. The molecule has 1 aliphatic rings. The molecule has 34 heavy (non-hydrogen) atoms. The van der Waals surface area contributed by atoms with Crippen molar-refractivity contribution < 1.29 is 4.79 Å². The first-order valence-corrected chi connectivity index (χ1v) is 12.8. The number of nitrogens with zero attached hydrogens (tertiary/aromatic N) is 3. The number of aromatic nitrogens is 1. The first-order chi connectivity index (χ1) is 16.6. The number of fused-ring (bicyclic) bond motifs is 2. The van der Waals surface area contributed by atoms with Crippen LogP contribution in [0, 0.1) is 11.3 Å². The second kappa shape index (κ2) is 9.94. The third-order valence-corrected chi connectivity index (χ3v) is 7.73. The molecule has 0 fully saturated rings. The second-order valence-corrected chi connectivity index (χ2v) is 10.1. The van der Waals surface area contributed by atoms with E-state index in [9.17, 15) is 10.1 Å². The molecule has 0 atom stereocenters. The van der Waals surface area contributed by atoms with Crippen LogP contribution in [0.4, 0.5) is 11.4 Å². The van der Waals surface area contributed by atoms with Crippen molar-refractivity contribution in [3.05, 3.63) is 95.5 Å². The third-order valence-electron chi connectivity index (χ3n) is 5.36. The van der Waals surface area contributed by atoms with Crippen LogP contribution >= 0.6 is 35.1 Å². The highest BCUT2D eigenvalue weighted by atomic mass is 35.5. The molecule has 4 aromatic rings. The Balaban J connectivity index is 1.35. The summed E-state index contributed by atoms with van der Waals surface area (Å²) in [7, 11) is 0. The first-order valence-electron chi connectivity index (χ1n) is 10.6.